The van der Waals surface area contributed by atoms with E-state index in [9.17, 15) is 0 Å². The number of fused-ring (bicyclic) bond motifs is 1. The van der Waals surface area contributed by atoms with E-state index in [4.69, 9.17) is 33.0 Å². The normalized spacial score (nSPS) is 11.5. The summed E-state index contributed by atoms with van der Waals surface area (Å²) in [6.45, 7) is 0.263. The number of aromatic nitrogens is 2. The molecular weight excluding hydrogens is 389 g/mol. The van der Waals surface area contributed by atoms with E-state index in [0.717, 1.165) is 27.5 Å². The first-order chi connectivity index (χ1) is 12.7. The summed E-state index contributed by atoms with van der Waals surface area (Å²) in [5.41, 5.74) is 3.60. The van der Waals surface area contributed by atoms with Crippen LogP contribution in [0.3, 0.4) is 0 Å². The van der Waals surface area contributed by atoms with Crippen molar-refractivity contribution in [1.82, 2.24) is 9.38 Å². The number of oxime groups is 1. The van der Waals surface area contributed by atoms with Gasteiger partial charge in [-0.15, -0.1) is 11.3 Å². The van der Waals surface area contributed by atoms with Crippen molar-refractivity contribution in [2.24, 2.45) is 5.16 Å². The lowest BCUT2D eigenvalue weighted by Crippen LogP contribution is -1.94. The van der Waals surface area contributed by atoms with Crippen molar-refractivity contribution >= 4 is 45.7 Å². The first-order valence-electron chi connectivity index (χ1n) is 7.82. The molecule has 0 aliphatic carbocycles. The molecule has 0 aliphatic rings. The second-order valence-corrected chi connectivity index (χ2v) is 7.23. The highest BCUT2D eigenvalue weighted by Gasteiger charge is 2.13. The van der Waals surface area contributed by atoms with Crippen LogP contribution in [-0.4, -0.2) is 15.6 Å². The van der Waals surface area contributed by atoms with Crippen LogP contribution in [0, 0.1) is 0 Å². The summed E-state index contributed by atoms with van der Waals surface area (Å²) in [6, 6.07) is 15.3. The van der Waals surface area contributed by atoms with Gasteiger partial charge in [0.25, 0.3) is 0 Å². The third kappa shape index (κ3) is 3.46. The lowest BCUT2D eigenvalue weighted by Gasteiger charge is -2.03. The van der Waals surface area contributed by atoms with Gasteiger partial charge in [0.15, 0.2) is 4.96 Å². The number of hydrogen-bond acceptors (Lipinski definition) is 4. The Morgan fingerprint density at radius 3 is 2.81 bits per heavy atom. The molecule has 0 saturated heterocycles. The van der Waals surface area contributed by atoms with Gasteiger partial charge in [-0.2, -0.15) is 0 Å². The topological polar surface area (TPSA) is 38.9 Å². The minimum atomic E-state index is 0.263. The number of nitrogens with zero attached hydrogens (tertiary/aromatic N) is 3. The van der Waals surface area contributed by atoms with E-state index in [1.54, 1.807) is 29.7 Å². The fourth-order valence-corrected chi connectivity index (χ4v) is 3.75. The van der Waals surface area contributed by atoms with E-state index >= 15 is 0 Å². The number of thiazole rings is 1. The number of hydrogen-bond donors (Lipinski definition) is 0. The molecule has 4 aromatic rings. The first-order valence-corrected chi connectivity index (χ1v) is 9.46. The highest BCUT2D eigenvalue weighted by molar-refractivity contribution is 7.15. The Bertz CT molecular complexity index is 1070. The van der Waals surface area contributed by atoms with Gasteiger partial charge < -0.3 is 4.84 Å². The second kappa shape index (κ2) is 7.50. The zero-order valence-electron chi connectivity index (χ0n) is 13.5. The second-order valence-electron chi connectivity index (χ2n) is 5.51. The van der Waals surface area contributed by atoms with E-state index in [2.05, 4.69) is 5.16 Å². The summed E-state index contributed by atoms with van der Waals surface area (Å²) in [5, 5.41) is 7.25. The molecule has 0 atom stereocenters. The summed E-state index contributed by atoms with van der Waals surface area (Å²) in [6.07, 6.45) is 3.65. The Balaban J connectivity index is 1.58. The van der Waals surface area contributed by atoms with E-state index < -0.39 is 0 Å². The van der Waals surface area contributed by atoms with Crippen LogP contribution < -0.4 is 0 Å². The van der Waals surface area contributed by atoms with Crippen molar-refractivity contribution in [3.8, 4) is 11.3 Å². The van der Waals surface area contributed by atoms with Crippen LogP contribution in [0.5, 0.6) is 0 Å². The van der Waals surface area contributed by atoms with Crippen LogP contribution in [0.15, 0.2) is 65.3 Å². The number of halogens is 2. The third-order valence-electron chi connectivity index (χ3n) is 3.83. The maximum atomic E-state index is 6.15. The predicted molar refractivity (Wildman–Crippen MR) is 107 cm³/mol. The molecule has 0 saturated carbocycles. The van der Waals surface area contributed by atoms with Gasteiger partial charge in [0.05, 0.1) is 17.6 Å². The fourth-order valence-electron chi connectivity index (χ4n) is 2.57. The van der Waals surface area contributed by atoms with Crippen LogP contribution in [-0.2, 0) is 11.4 Å². The molecular formula is C19H13Cl2N3OS. The largest absolute Gasteiger partial charge is 0.391 e. The summed E-state index contributed by atoms with van der Waals surface area (Å²) in [7, 11) is 0. The van der Waals surface area contributed by atoms with Gasteiger partial charge in [0.2, 0.25) is 0 Å². The lowest BCUT2D eigenvalue weighted by atomic mass is 10.1. The van der Waals surface area contributed by atoms with Crippen molar-refractivity contribution < 1.29 is 4.84 Å². The van der Waals surface area contributed by atoms with Gasteiger partial charge in [0.1, 0.15) is 6.61 Å². The quantitative estimate of drug-likeness (QED) is 0.307. The SMILES string of the molecule is Clc1ccc(CON=Cc2c(-c3ccccc3)nc3sccn23)c(Cl)c1. The average Bonchev–Trinajstić information content (AvgIpc) is 3.23. The molecule has 0 fully saturated rings. The Morgan fingerprint density at radius 2 is 2.00 bits per heavy atom. The highest BCUT2D eigenvalue weighted by Crippen LogP contribution is 2.26. The smallest absolute Gasteiger partial charge is 0.194 e. The molecule has 0 radical (unpaired) electrons. The van der Waals surface area contributed by atoms with Gasteiger partial charge in [-0.3, -0.25) is 4.40 Å². The molecule has 0 bridgehead atoms. The van der Waals surface area contributed by atoms with Crippen molar-refractivity contribution in [1.29, 1.82) is 0 Å². The van der Waals surface area contributed by atoms with Crippen LogP contribution in [0.2, 0.25) is 10.0 Å². The molecule has 4 nitrogen and oxygen atoms in total. The Hall–Kier alpha value is -2.34. The summed E-state index contributed by atoms with van der Waals surface area (Å²) < 4.78 is 2.00. The monoisotopic (exact) mass is 401 g/mol. The maximum Gasteiger partial charge on any atom is 0.194 e. The van der Waals surface area contributed by atoms with Gasteiger partial charge in [-0.1, -0.05) is 64.8 Å². The zero-order chi connectivity index (χ0) is 17.9. The minimum Gasteiger partial charge on any atom is -0.391 e. The number of imidazole rings is 1. The number of benzene rings is 2. The molecule has 0 N–H and O–H groups in total. The molecule has 0 amide bonds. The average molecular weight is 402 g/mol. The Morgan fingerprint density at radius 1 is 1.15 bits per heavy atom. The van der Waals surface area contributed by atoms with Crippen molar-refractivity contribution in [3.63, 3.8) is 0 Å². The van der Waals surface area contributed by atoms with Crippen LogP contribution in [0.25, 0.3) is 16.2 Å². The van der Waals surface area contributed by atoms with E-state index in [0.29, 0.717) is 10.0 Å². The van der Waals surface area contributed by atoms with Crippen molar-refractivity contribution in [3.05, 3.63) is 81.4 Å². The van der Waals surface area contributed by atoms with Crippen LogP contribution >= 0.6 is 34.5 Å². The summed E-state index contributed by atoms with van der Waals surface area (Å²) >= 11 is 13.6. The van der Waals surface area contributed by atoms with Gasteiger partial charge in [0, 0.05) is 32.7 Å². The summed E-state index contributed by atoms with van der Waals surface area (Å²) in [5.74, 6) is 0. The fraction of sp³-hybridized carbons (Fsp3) is 0.0526. The molecule has 2 aromatic heterocycles. The lowest BCUT2D eigenvalue weighted by molar-refractivity contribution is 0.132. The van der Waals surface area contributed by atoms with Crippen LogP contribution in [0.1, 0.15) is 11.3 Å². The first kappa shape index (κ1) is 17.1. The Labute approximate surface area is 164 Å². The number of rotatable bonds is 5. The highest BCUT2D eigenvalue weighted by atomic mass is 35.5. The molecule has 0 aliphatic heterocycles. The van der Waals surface area contributed by atoms with E-state index in [1.165, 1.54) is 0 Å². The van der Waals surface area contributed by atoms with Gasteiger partial charge in [-0.25, -0.2) is 4.98 Å². The standard InChI is InChI=1S/C19H13Cl2N3OS/c20-15-7-6-14(16(21)10-15)12-25-22-11-17-18(13-4-2-1-3-5-13)23-19-24(17)8-9-26-19/h1-11H,12H2. The van der Waals surface area contributed by atoms with Crippen molar-refractivity contribution in [2.45, 2.75) is 6.61 Å². The minimum absolute atomic E-state index is 0.263. The zero-order valence-corrected chi connectivity index (χ0v) is 15.8. The maximum absolute atomic E-state index is 6.15. The van der Waals surface area contributed by atoms with E-state index in [-0.39, 0.29) is 6.61 Å². The van der Waals surface area contributed by atoms with Gasteiger partial charge >= 0.3 is 0 Å². The molecule has 130 valence electrons. The predicted octanol–water partition coefficient (Wildman–Crippen LogP) is 5.92. The van der Waals surface area contributed by atoms with Crippen LogP contribution in [0.4, 0.5) is 0 Å². The summed E-state index contributed by atoms with van der Waals surface area (Å²) in [4.78, 5) is 11.0. The Kier molecular flexibility index (Phi) is 4.93. The van der Waals surface area contributed by atoms with Gasteiger partial charge in [-0.05, 0) is 12.1 Å². The molecule has 0 spiro atoms. The molecule has 7 heteroatoms. The van der Waals surface area contributed by atoms with E-state index in [1.807, 2.05) is 52.4 Å². The molecule has 26 heavy (non-hydrogen) atoms. The van der Waals surface area contributed by atoms with Crippen molar-refractivity contribution in [2.75, 3.05) is 0 Å². The molecule has 2 aromatic carbocycles. The molecule has 4 rings (SSSR count). The molecule has 2 heterocycles. The third-order valence-corrected chi connectivity index (χ3v) is 5.17. The molecule has 0 unspecified atom stereocenters.